The molecule has 0 aliphatic heterocycles. The van der Waals surface area contributed by atoms with Crippen LogP contribution in [-0.2, 0) is 14.8 Å². The highest BCUT2D eigenvalue weighted by Gasteiger charge is 2.25. The van der Waals surface area contributed by atoms with Gasteiger partial charge in [-0.3, -0.25) is 4.79 Å². The first-order chi connectivity index (χ1) is 9.84. The molecule has 1 heterocycles. The molecule has 2 rings (SSSR count). The van der Waals surface area contributed by atoms with E-state index in [-0.39, 0.29) is 17.0 Å². The molecule has 0 saturated heterocycles. The van der Waals surface area contributed by atoms with E-state index in [9.17, 15) is 18.0 Å². The highest BCUT2D eigenvalue weighted by molar-refractivity contribution is 7.89. The van der Waals surface area contributed by atoms with E-state index >= 15 is 0 Å². The molecule has 21 heavy (non-hydrogen) atoms. The van der Waals surface area contributed by atoms with E-state index in [0.29, 0.717) is 5.39 Å². The molecular formula is C13H13NO6S. The van der Waals surface area contributed by atoms with Crippen LogP contribution in [0.5, 0.6) is 0 Å². The van der Waals surface area contributed by atoms with Gasteiger partial charge in [0.05, 0.1) is 4.90 Å². The quantitative estimate of drug-likeness (QED) is 0.822. The van der Waals surface area contributed by atoms with Gasteiger partial charge in [-0.2, -0.15) is 4.31 Å². The van der Waals surface area contributed by atoms with Crippen LogP contribution in [-0.4, -0.2) is 36.9 Å². The number of hydrogen-bond donors (Lipinski definition) is 1. The van der Waals surface area contributed by atoms with E-state index in [4.69, 9.17) is 9.52 Å². The van der Waals surface area contributed by atoms with Gasteiger partial charge < -0.3 is 9.52 Å². The maximum absolute atomic E-state index is 12.4. The number of sulfonamides is 1. The third-order valence-corrected chi connectivity index (χ3v) is 4.81. The lowest BCUT2D eigenvalue weighted by atomic mass is 10.2. The number of nitrogens with zero attached hydrogens (tertiary/aromatic N) is 1. The Morgan fingerprint density at radius 1 is 1.29 bits per heavy atom. The number of aliphatic carboxylic acids is 1. The van der Waals surface area contributed by atoms with Crippen LogP contribution < -0.4 is 5.63 Å². The fourth-order valence-electron chi connectivity index (χ4n) is 1.88. The molecule has 1 aromatic heterocycles. The van der Waals surface area contributed by atoms with Crippen molar-refractivity contribution in [3.8, 4) is 0 Å². The van der Waals surface area contributed by atoms with E-state index in [1.54, 1.807) is 6.92 Å². The Labute approximate surface area is 120 Å². The molecule has 0 radical (unpaired) electrons. The minimum absolute atomic E-state index is 0.0382. The summed E-state index contributed by atoms with van der Waals surface area (Å²) in [6.45, 7) is 0.984. The average Bonchev–Trinajstić information content (AvgIpc) is 2.43. The van der Waals surface area contributed by atoms with Gasteiger partial charge in [-0.25, -0.2) is 13.2 Å². The van der Waals surface area contributed by atoms with Gasteiger partial charge in [0, 0.05) is 18.0 Å². The summed E-state index contributed by atoms with van der Waals surface area (Å²) in [5.74, 6) is -1.23. The average molecular weight is 311 g/mol. The van der Waals surface area contributed by atoms with Crippen molar-refractivity contribution in [3.63, 3.8) is 0 Å². The van der Waals surface area contributed by atoms with E-state index in [0.717, 1.165) is 4.31 Å². The van der Waals surface area contributed by atoms with Gasteiger partial charge in [-0.15, -0.1) is 0 Å². The number of rotatable bonds is 5. The van der Waals surface area contributed by atoms with Crippen LogP contribution in [0, 0.1) is 0 Å². The summed E-state index contributed by atoms with van der Waals surface area (Å²) in [5.41, 5.74) is -0.262. The van der Waals surface area contributed by atoms with Crippen LogP contribution in [0.15, 0.2) is 44.4 Å². The van der Waals surface area contributed by atoms with Crippen molar-refractivity contribution in [1.29, 1.82) is 0 Å². The molecule has 0 saturated carbocycles. The number of carbonyl (C=O) groups is 1. The molecule has 0 aliphatic rings. The highest BCUT2D eigenvalue weighted by Crippen LogP contribution is 2.20. The topological polar surface area (TPSA) is 105 Å². The molecule has 1 N–H and O–H groups in total. The number of likely N-dealkylation sites (N-methyl/N-ethyl adjacent to an activating group) is 1. The fourth-order valence-corrected chi connectivity index (χ4v) is 3.31. The van der Waals surface area contributed by atoms with Gasteiger partial charge in [0.1, 0.15) is 12.1 Å². The summed E-state index contributed by atoms with van der Waals surface area (Å²) in [4.78, 5) is 21.8. The van der Waals surface area contributed by atoms with Crippen LogP contribution in [0.1, 0.15) is 6.92 Å². The Morgan fingerprint density at radius 3 is 2.62 bits per heavy atom. The van der Waals surface area contributed by atoms with Gasteiger partial charge in [-0.1, -0.05) is 6.92 Å². The molecule has 2 aromatic rings. The first-order valence-electron chi connectivity index (χ1n) is 6.10. The van der Waals surface area contributed by atoms with Crippen molar-refractivity contribution in [2.45, 2.75) is 11.8 Å². The molecule has 8 heteroatoms. The van der Waals surface area contributed by atoms with E-state index in [2.05, 4.69) is 0 Å². The summed E-state index contributed by atoms with van der Waals surface area (Å²) in [7, 11) is -3.92. The standard InChI is InChI=1S/C13H13NO6S/c1-2-14(8-12(15)16)21(18,19)10-4-5-11-9(7-10)3-6-13(17)20-11/h3-7H,2,8H2,1H3,(H,15,16). The second kappa shape index (κ2) is 5.66. The summed E-state index contributed by atoms with van der Waals surface area (Å²) in [5, 5.41) is 9.22. The van der Waals surface area contributed by atoms with Crippen molar-refractivity contribution in [1.82, 2.24) is 4.31 Å². The van der Waals surface area contributed by atoms with Crippen LogP contribution in [0.4, 0.5) is 0 Å². The lowest BCUT2D eigenvalue weighted by Crippen LogP contribution is -2.35. The Hall–Kier alpha value is -2.19. The van der Waals surface area contributed by atoms with Crippen LogP contribution in [0.2, 0.25) is 0 Å². The predicted molar refractivity (Wildman–Crippen MR) is 74.6 cm³/mol. The molecule has 0 bridgehead atoms. The molecule has 112 valence electrons. The lowest BCUT2D eigenvalue weighted by Gasteiger charge is -2.18. The maximum Gasteiger partial charge on any atom is 0.336 e. The number of hydrogen-bond acceptors (Lipinski definition) is 5. The first-order valence-corrected chi connectivity index (χ1v) is 7.54. The Morgan fingerprint density at radius 2 is 2.00 bits per heavy atom. The van der Waals surface area contributed by atoms with E-state index < -0.39 is 28.2 Å². The molecule has 1 aromatic carbocycles. The second-order valence-electron chi connectivity index (χ2n) is 4.28. The molecule has 0 atom stereocenters. The van der Waals surface area contributed by atoms with Crippen LogP contribution in [0.25, 0.3) is 11.0 Å². The van der Waals surface area contributed by atoms with Gasteiger partial charge in [0.2, 0.25) is 10.0 Å². The number of benzene rings is 1. The number of carboxylic acid groups (broad SMARTS) is 1. The third-order valence-electron chi connectivity index (χ3n) is 2.89. The smallest absolute Gasteiger partial charge is 0.336 e. The van der Waals surface area contributed by atoms with Crippen molar-refractivity contribution in [2.75, 3.05) is 13.1 Å². The monoisotopic (exact) mass is 311 g/mol. The zero-order chi connectivity index (χ0) is 15.6. The first kappa shape index (κ1) is 15.2. The molecule has 0 unspecified atom stereocenters. The third kappa shape index (κ3) is 3.11. The number of carboxylic acids is 1. The molecule has 0 fully saturated rings. The minimum atomic E-state index is -3.92. The molecule has 0 amide bonds. The van der Waals surface area contributed by atoms with Gasteiger partial charge in [-0.05, 0) is 24.3 Å². The SMILES string of the molecule is CCN(CC(=O)O)S(=O)(=O)c1ccc2oc(=O)ccc2c1. The summed E-state index contributed by atoms with van der Waals surface area (Å²) in [6, 6.07) is 6.64. The van der Waals surface area contributed by atoms with Crippen molar-refractivity contribution >= 4 is 27.0 Å². The van der Waals surface area contributed by atoms with Gasteiger partial charge in [0.25, 0.3) is 0 Å². The van der Waals surface area contributed by atoms with E-state index in [1.165, 1.54) is 30.3 Å². The maximum atomic E-state index is 12.4. The largest absolute Gasteiger partial charge is 0.480 e. The molecule has 0 spiro atoms. The van der Waals surface area contributed by atoms with Crippen molar-refractivity contribution in [2.24, 2.45) is 0 Å². The van der Waals surface area contributed by atoms with Gasteiger partial charge >= 0.3 is 11.6 Å². The van der Waals surface area contributed by atoms with Crippen molar-refractivity contribution in [3.05, 3.63) is 40.8 Å². The summed E-state index contributed by atoms with van der Waals surface area (Å²) >= 11 is 0. The second-order valence-corrected chi connectivity index (χ2v) is 6.22. The number of fused-ring (bicyclic) bond motifs is 1. The van der Waals surface area contributed by atoms with Crippen LogP contribution >= 0.6 is 0 Å². The van der Waals surface area contributed by atoms with Crippen LogP contribution in [0.3, 0.4) is 0 Å². The zero-order valence-electron chi connectivity index (χ0n) is 11.1. The summed E-state index contributed by atoms with van der Waals surface area (Å²) in [6.07, 6.45) is 0. The van der Waals surface area contributed by atoms with Gasteiger partial charge in [0.15, 0.2) is 0 Å². The summed E-state index contributed by atoms with van der Waals surface area (Å²) < 4.78 is 30.5. The Bertz CT molecular complexity index is 839. The van der Waals surface area contributed by atoms with E-state index in [1.807, 2.05) is 0 Å². The highest BCUT2D eigenvalue weighted by atomic mass is 32.2. The fraction of sp³-hybridized carbons (Fsp3) is 0.231. The molecule has 0 aliphatic carbocycles. The lowest BCUT2D eigenvalue weighted by molar-refractivity contribution is -0.137. The Kier molecular flexibility index (Phi) is 4.10. The zero-order valence-corrected chi connectivity index (χ0v) is 12.0. The molecular weight excluding hydrogens is 298 g/mol. The normalized spacial score (nSPS) is 11.9. The molecule has 7 nitrogen and oxygen atoms in total. The predicted octanol–water partition coefficient (Wildman–Crippen LogP) is 0.888. The van der Waals surface area contributed by atoms with Crippen molar-refractivity contribution < 1.29 is 22.7 Å². The minimum Gasteiger partial charge on any atom is -0.480 e. The Balaban J connectivity index is 2.51.